The summed E-state index contributed by atoms with van der Waals surface area (Å²) in [5, 5.41) is 2.83. The Kier molecular flexibility index (Phi) is 6.09. The molecule has 1 amide bonds. The number of carbonyl (C=O) groups excluding carboxylic acids is 1. The molecule has 5 heteroatoms. The Labute approximate surface area is 124 Å². The van der Waals surface area contributed by atoms with Crippen LogP contribution in [0.2, 0.25) is 0 Å². The number of hydrogen-bond acceptors (Lipinski definition) is 4. The Bertz CT molecular complexity index is 586. The topological polar surface area (TPSA) is 64.1 Å². The molecule has 5 nitrogen and oxygen atoms in total. The highest BCUT2D eigenvalue weighted by Gasteiger charge is 2.08. The van der Waals surface area contributed by atoms with Crippen LogP contribution in [0.5, 0.6) is 0 Å². The Morgan fingerprint density at radius 1 is 1.19 bits per heavy atom. The average Bonchev–Trinajstić information content (AvgIpc) is 2.53. The first-order chi connectivity index (χ1) is 10.3. The van der Waals surface area contributed by atoms with Gasteiger partial charge < -0.3 is 10.1 Å². The van der Waals surface area contributed by atoms with Crippen molar-refractivity contribution in [2.45, 2.75) is 26.2 Å². The third-order valence-electron chi connectivity index (χ3n) is 3.07. The van der Waals surface area contributed by atoms with Crippen molar-refractivity contribution in [3.63, 3.8) is 0 Å². The van der Waals surface area contributed by atoms with Crippen LogP contribution < -0.4 is 5.32 Å². The molecule has 1 N–H and O–H groups in total. The molecule has 1 aromatic carbocycles. The van der Waals surface area contributed by atoms with Crippen LogP contribution in [0.4, 0.5) is 0 Å². The van der Waals surface area contributed by atoms with Crippen molar-refractivity contribution in [3.8, 4) is 0 Å². The van der Waals surface area contributed by atoms with Crippen molar-refractivity contribution in [3.05, 3.63) is 36.2 Å². The normalized spacial score (nSPS) is 10.7. The molecule has 0 unspecified atom stereocenters. The molecular weight excluding hydrogens is 266 g/mol. The molecular formula is C16H21N3O2. The van der Waals surface area contributed by atoms with E-state index in [9.17, 15) is 4.79 Å². The zero-order valence-electron chi connectivity index (χ0n) is 12.3. The van der Waals surface area contributed by atoms with E-state index in [4.69, 9.17) is 4.74 Å². The largest absolute Gasteiger partial charge is 0.381 e. The summed E-state index contributed by atoms with van der Waals surface area (Å²) in [7, 11) is 0. The van der Waals surface area contributed by atoms with Gasteiger partial charge >= 0.3 is 0 Å². The highest BCUT2D eigenvalue weighted by Crippen LogP contribution is 2.08. The van der Waals surface area contributed by atoms with Crippen LogP contribution >= 0.6 is 0 Å². The van der Waals surface area contributed by atoms with Crippen molar-refractivity contribution in [2.24, 2.45) is 0 Å². The van der Waals surface area contributed by atoms with E-state index in [0.717, 1.165) is 36.9 Å². The maximum atomic E-state index is 12.0. The number of ether oxygens (including phenoxy) is 1. The quantitative estimate of drug-likeness (QED) is 0.758. The van der Waals surface area contributed by atoms with Gasteiger partial charge in [0.1, 0.15) is 5.69 Å². The van der Waals surface area contributed by atoms with E-state index in [1.54, 1.807) is 0 Å². The smallest absolute Gasteiger partial charge is 0.271 e. The van der Waals surface area contributed by atoms with E-state index < -0.39 is 0 Å². The molecule has 2 aromatic rings. The Balaban J connectivity index is 1.77. The number of fused-ring (bicyclic) bond motifs is 1. The minimum atomic E-state index is -0.193. The van der Waals surface area contributed by atoms with E-state index in [0.29, 0.717) is 18.8 Å². The summed E-state index contributed by atoms with van der Waals surface area (Å²) < 4.78 is 5.44. The number of hydrogen-bond donors (Lipinski definition) is 1. The number of aromatic nitrogens is 2. The first kappa shape index (κ1) is 15.4. The third-order valence-corrected chi connectivity index (χ3v) is 3.07. The number of nitrogens with one attached hydrogen (secondary N) is 1. The molecule has 0 fully saturated rings. The van der Waals surface area contributed by atoms with Gasteiger partial charge in [-0.15, -0.1) is 0 Å². The zero-order chi connectivity index (χ0) is 14.9. The third kappa shape index (κ3) is 4.79. The van der Waals surface area contributed by atoms with E-state index in [-0.39, 0.29) is 5.91 Å². The fourth-order valence-corrected chi connectivity index (χ4v) is 1.88. The van der Waals surface area contributed by atoms with Crippen LogP contribution in [0.3, 0.4) is 0 Å². The summed E-state index contributed by atoms with van der Waals surface area (Å²) in [6.07, 6.45) is 4.53. The number of para-hydroxylation sites is 2. The minimum absolute atomic E-state index is 0.193. The van der Waals surface area contributed by atoms with Crippen molar-refractivity contribution >= 4 is 16.9 Å². The lowest BCUT2D eigenvalue weighted by molar-refractivity contribution is 0.0935. The molecule has 0 saturated heterocycles. The van der Waals surface area contributed by atoms with Crippen LogP contribution in [0.25, 0.3) is 11.0 Å². The van der Waals surface area contributed by atoms with Gasteiger partial charge in [0.15, 0.2) is 0 Å². The lowest BCUT2D eigenvalue weighted by Crippen LogP contribution is -2.26. The van der Waals surface area contributed by atoms with Crippen LogP contribution in [0, 0.1) is 0 Å². The van der Waals surface area contributed by atoms with Crippen molar-refractivity contribution in [1.29, 1.82) is 0 Å². The molecule has 0 radical (unpaired) electrons. The predicted octanol–water partition coefficient (Wildman–Crippen LogP) is 2.57. The second-order valence-electron chi connectivity index (χ2n) is 4.82. The second-order valence-corrected chi connectivity index (χ2v) is 4.82. The monoisotopic (exact) mass is 287 g/mol. The van der Waals surface area contributed by atoms with Crippen LogP contribution in [-0.2, 0) is 4.74 Å². The molecule has 0 spiro atoms. The summed E-state index contributed by atoms with van der Waals surface area (Å²) in [6, 6.07) is 7.50. The van der Waals surface area contributed by atoms with Crippen LogP contribution in [-0.4, -0.2) is 35.6 Å². The van der Waals surface area contributed by atoms with Crippen molar-refractivity contribution in [1.82, 2.24) is 15.3 Å². The van der Waals surface area contributed by atoms with Crippen LogP contribution in [0.15, 0.2) is 30.5 Å². The van der Waals surface area contributed by atoms with Crippen molar-refractivity contribution in [2.75, 3.05) is 19.8 Å². The maximum Gasteiger partial charge on any atom is 0.271 e. The van der Waals surface area contributed by atoms with Gasteiger partial charge in [-0.25, -0.2) is 4.98 Å². The van der Waals surface area contributed by atoms with E-state index in [1.165, 1.54) is 6.20 Å². The molecule has 1 aromatic heterocycles. The molecule has 1 heterocycles. The van der Waals surface area contributed by atoms with Gasteiger partial charge in [-0.3, -0.25) is 9.78 Å². The molecule has 2 rings (SSSR count). The second kappa shape index (κ2) is 8.32. The number of nitrogens with zero attached hydrogens (tertiary/aromatic N) is 2. The van der Waals surface area contributed by atoms with Crippen LogP contribution in [0.1, 0.15) is 36.7 Å². The zero-order valence-corrected chi connectivity index (χ0v) is 12.3. The summed E-state index contributed by atoms with van der Waals surface area (Å²) >= 11 is 0. The summed E-state index contributed by atoms with van der Waals surface area (Å²) in [4.78, 5) is 20.5. The van der Waals surface area contributed by atoms with Gasteiger partial charge in [-0.2, -0.15) is 0 Å². The Hall–Kier alpha value is -2.01. The van der Waals surface area contributed by atoms with Gasteiger partial charge in [0.05, 0.1) is 17.2 Å². The first-order valence-electron chi connectivity index (χ1n) is 7.39. The summed E-state index contributed by atoms with van der Waals surface area (Å²) in [5.74, 6) is -0.193. The summed E-state index contributed by atoms with van der Waals surface area (Å²) in [5.41, 5.74) is 1.87. The van der Waals surface area contributed by atoms with Gasteiger partial charge in [0.25, 0.3) is 5.91 Å². The Morgan fingerprint density at radius 2 is 1.95 bits per heavy atom. The van der Waals surface area contributed by atoms with Gasteiger partial charge in [-0.1, -0.05) is 25.5 Å². The number of benzene rings is 1. The molecule has 0 aliphatic rings. The maximum absolute atomic E-state index is 12.0. The fourth-order valence-electron chi connectivity index (χ4n) is 1.88. The molecule has 21 heavy (non-hydrogen) atoms. The first-order valence-corrected chi connectivity index (χ1v) is 7.39. The fraction of sp³-hybridized carbons (Fsp3) is 0.438. The van der Waals surface area contributed by atoms with Gasteiger partial charge in [0.2, 0.25) is 0 Å². The number of rotatable bonds is 8. The predicted molar refractivity (Wildman–Crippen MR) is 82.2 cm³/mol. The highest BCUT2D eigenvalue weighted by atomic mass is 16.5. The highest BCUT2D eigenvalue weighted by molar-refractivity contribution is 5.93. The number of carbonyl (C=O) groups is 1. The van der Waals surface area contributed by atoms with E-state index in [2.05, 4.69) is 22.2 Å². The molecule has 0 bridgehead atoms. The minimum Gasteiger partial charge on any atom is -0.381 e. The lowest BCUT2D eigenvalue weighted by atomic mass is 10.3. The molecule has 0 saturated carbocycles. The SMILES string of the molecule is CCCCOCCCNC(=O)c1cnc2ccccc2n1. The van der Waals surface area contributed by atoms with E-state index in [1.807, 2.05) is 24.3 Å². The summed E-state index contributed by atoms with van der Waals surface area (Å²) in [6.45, 7) is 4.18. The lowest BCUT2D eigenvalue weighted by Gasteiger charge is -2.06. The van der Waals surface area contributed by atoms with Gasteiger partial charge in [0, 0.05) is 19.8 Å². The van der Waals surface area contributed by atoms with Crippen molar-refractivity contribution < 1.29 is 9.53 Å². The van der Waals surface area contributed by atoms with Gasteiger partial charge in [-0.05, 0) is 25.0 Å². The number of amides is 1. The van der Waals surface area contributed by atoms with E-state index >= 15 is 0 Å². The average molecular weight is 287 g/mol. The molecule has 0 atom stereocenters. The number of unbranched alkanes of at least 4 members (excludes halogenated alkanes) is 1. The Morgan fingerprint density at radius 3 is 2.76 bits per heavy atom. The molecule has 112 valence electrons. The molecule has 0 aliphatic carbocycles. The standard InChI is InChI=1S/C16H21N3O2/c1-2-3-10-21-11-6-9-17-16(20)15-12-18-13-7-4-5-8-14(13)19-15/h4-5,7-8,12H,2-3,6,9-11H2,1H3,(H,17,20). The molecule has 0 aliphatic heterocycles.